The van der Waals surface area contributed by atoms with Gasteiger partial charge in [0.2, 0.25) is 0 Å². The third-order valence-corrected chi connectivity index (χ3v) is 1.51. The van der Waals surface area contributed by atoms with E-state index in [1.54, 1.807) is 0 Å². The predicted molar refractivity (Wildman–Crippen MR) is 46.7 cm³/mol. The van der Waals surface area contributed by atoms with E-state index >= 15 is 0 Å². The Morgan fingerprint density at radius 3 is 1.08 bits per heavy atom. The quantitative estimate of drug-likeness (QED) is 0.263. The van der Waals surface area contributed by atoms with Crippen LogP contribution in [0.5, 0.6) is 0 Å². The molecule has 0 amide bonds. The van der Waals surface area contributed by atoms with Gasteiger partial charge in [0.25, 0.3) is 0 Å². The van der Waals surface area contributed by atoms with Crippen molar-refractivity contribution in [1.29, 1.82) is 0 Å². The summed E-state index contributed by atoms with van der Waals surface area (Å²) in [4.78, 5) is 0. The van der Waals surface area contributed by atoms with E-state index < -0.39 is 37.6 Å². The van der Waals surface area contributed by atoms with Crippen molar-refractivity contribution in [3.63, 3.8) is 0 Å². The fourth-order valence-corrected chi connectivity index (χ4v) is 0.671. The van der Waals surface area contributed by atoms with Gasteiger partial charge in [-0.1, -0.05) is 0 Å². The molecule has 0 aromatic rings. The molecule has 2 radical (unpaired) electrons. The van der Waals surface area contributed by atoms with Crippen LogP contribution in [0.25, 0.3) is 0 Å². The van der Waals surface area contributed by atoms with Crippen LogP contribution in [0.15, 0.2) is 0 Å². The number of rotatable bonds is 5. The van der Waals surface area contributed by atoms with Gasteiger partial charge in [-0.15, -0.1) is 0 Å². The van der Waals surface area contributed by atoms with Crippen LogP contribution in [-0.2, 0) is 0 Å². The molecule has 0 saturated carbocycles. The summed E-state index contributed by atoms with van der Waals surface area (Å²) in [6, 6.07) is 0. The van der Waals surface area contributed by atoms with Crippen molar-refractivity contribution in [3.05, 3.63) is 0 Å². The molecule has 0 spiro atoms. The maximum absolute atomic E-state index is 8.96. The molecule has 0 saturated heterocycles. The zero-order valence-electron chi connectivity index (χ0n) is 7.11. The van der Waals surface area contributed by atoms with Crippen molar-refractivity contribution in [2.24, 2.45) is 0 Å². The van der Waals surface area contributed by atoms with Crippen molar-refractivity contribution in [3.8, 4) is 0 Å². The summed E-state index contributed by atoms with van der Waals surface area (Å²) in [6.45, 7) is -1.45. The average Bonchev–Trinajstić information content (AvgIpc) is 2.12. The van der Waals surface area contributed by atoms with E-state index in [0.29, 0.717) is 0 Å². The molecule has 0 aromatic heterocycles. The van der Waals surface area contributed by atoms with Crippen LogP contribution in [0.3, 0.4) is 0 Å². The molecule has 0 aliphatic carbocycles. The summed E-state index contributed by atoms with van der Waals surface area (Å²) in [7, 11) is 0. The SMILES string of the molecule is OC[C@@H](O)[C@@H](O)[C@H](O)[C@H](O)CO.[PbH2]. The third-order valence-electron chi connectivity index (χ3n) is 1.51. The first-order valence-electron chi connectivity index (χ1n) is 3.48. The van der Waals surface area contributed by atoms with Gasteiger partial charge in [-0.2, -0.15) is 0 Å². The van der Waals surface area contributed by atoms with E-state index in [2.05, 4.69) is 0 Å². The van der Waals surface area contributed by atoms with Gasteiger partial charge in [0.05, 0.1) is 13.2 Å². The van der Waals surface area contributed by atoms with Crippen LogP contribution < -0.4 is 0 Å². The van der Waals surface area contributed by atoms with Crippen molar-refractivity contribution in [2.75, 3.05) is 13.2 Å². The monoisotopic (exact) mass is 392 g/mol. The van der Waals surface area contributed by atoms with Gasteiger partial charge in [0, 0.05) is 0 Å². The van der Waals surface area contributed by atoms with E-state index in [0.717, 1.165) is 0 Å². The second-order valence-corrected chi connectivity index (χ2v) is 2.48. The van der Waals surface area contributed by atoms with Crippen molar-refractivity contribution < 1.29 is 30.6 Å². The molecule has 6 N–H and O–H groups in total. The molecule has 7 heteroatoms. The molecule has 0 aliphatic heterocycles. The van der Waals surface area contributed by atoms with Crippen LogP contribution in [0.4, 0.5) is 0 Å². The molecule has 0 aromatic carbocycles. The van der Waals surface area contributed by atoms with Gasteiger partial charge in [-0.25, -0.2) is 0 Å². The molecule has 0 aliphatic rings. The molecule has 80 valence electrons. The fraction of sp³-hybridized carbons (Fsp3) is 1.00. The fourth-order valence-electron chi connectivity index (χ4n) is 0.671. The van der Waals surface area contributed by atoms with Gasteiger partial charge in [0.1, 0.15) is 24.4 Å². The van der Waals surface area contributed by atoms with Crippen molar-refractivity contribution >= 4 is 27.3 Å². The summed E-state index contributed by atoms with van der Waals surface area (Å²) in [5, 5.41) is 52.2. The van der Waals surface area contributed by atoms with Gasteiger partial charge < -0.3 is 30.6 Å². The standard InChI is InChI=1S/C6H14O6.Pb.2H/c7-1-3(9)5(11)6(12)4(10)2-8;;;/h3-12H,1-2H2;;;/t3-,4-,5-,6-;;;/m1.../s1. The Hall–Kier alpha value is 0.682. The van der Waals surface area contributed by atoms with Gasteiger partial charge in [0.15, 0.2) is 0 Å². The summed E-state index contributed by atoms with van der Waals surface area (Å²) in [5.74, 6) is 0. The van der Waals surface area contributed by atoms with Gasteiger partial charge >= 0.3 is 27.3 Å². The third kappa shape index (κ3) is 5.20. The second kappa shape index (κ2) is 8.03. The van der Waals surface area contributed by atoms with Crippen LogP contribution in [0.1, 0.15) is 0 Å². The molecular formula is C6H16O6Pb. The normalized spacial score (nSPS) is 19.8. The molecule has 0 fully saturated rings. The molecule has 13 heavy (non-hydrogen) atoms. The Morgan fingerprint density at radius 2 is 0.923 bits per heavy atom. The summed E-state index contributed by atoms with van der Waals surface area (Å²) < 4.78 is 0. The van der Waals surface area contributed by atoms with E-state index in [4.69, 9.17) is 30.6 Å². The minimum atomic E-state index is -1.67. The number of hydrogen-bond donors (Lipinski definition) is 6. The zero-order chi connectivity index (χ0) is 9.72. The average molecular weight is 391 g/mol. The summed E-state index contributed by atoms with van der Waals surface area (Å²) in [5.41, 5.74) is 0. The molecule has 0 bridgehead atoms. The Kier molecular flexibility index (Phi) is 9.96. The molecule has 0 heterocycles. The molecule has 6 nitrogen and oxygen atoms in total. The first kappa shape index (κ1) is 16.1. The Bertz CT molecular complexity index is 110. The van der Waals surface area contributed by atoms with Gasteiger partial charge in [-0.05, 0) is 0 Å². The zero-order valence-corrected chi connectivity index (χ0v) is 12.6. The number of hydrogen-bond acceptors (Lipinski definition) is 6. The van der Waals surface area contributed by atoms with Gasteiger partial charge in [-0.3, -0.25) is 0 Å². The van der Waals surface area contributed by atoms with E-state index in [1.165, 1.54) is 0 Å². The van der Waals surface area contributed by atoms with Crippen molar-refractivity contribution in [2.45, 2.75) is 24.4 Å². The van der Waals surface area contributed by atoms with Crippen LogP contribution >= 0.6 is 0 Å². The van der Waals surface area contributed by atoms with Crippen LogP contribution in [-0.4, -0.2) is 95.6 Å². The molecular weight excluding hydrogens is 375 g/mol. The second-order valence-electron chi connectivity index (χ2n) is 2.48. The van der Waals surface area contributed by atoms with Crippen LogP contribution in [0.2, 0.25) is 0 Å². The Balaban J connectivity index is 0. The summed E-state index contributed by atoms with van der Waals surface area (Å²) in [6.07, 6.45) is -6.39. The van der Waals surface area contributed by atoms with E-state index in [9.17, 15) is 0 Å². The topological polar surface area (TPSA) is 121 Å². The minimum absolute atomic E-state index is 0. The Labute approximate surface area is 95.6 Å². The van der Waals surface area contributed by atoms with Crippen molar-refractivity contribution in [1.82, 2.24) is 0 Å². The Morgan fingerprint density at radius 1 is 0.692 bits per heavy atom. The predicted octanol–water partition coefficient (Wildman–Crippen LogP) is -4.50. The molecule has 4 atom stereocenters. The summed E-state index contributed by atoms with van der Waals surface area (Å²) >= 11 is 0. The van der Waals surface area contributed by atoms with Crippen LogP contribution in [0, 0.1) is 0 Å². The first-order valence-corrected chi connectivity index (χ1v) is 3.48. The maximum atomic E-state index is 8.96. The number of aliphatic hydroxyl groups excluding tert-OH is 6. The first-order chi connectivity index (χ1) is 5.54. The molecule has 0 rings (SSSR count). The van der Waals surface area contributed by atoms with E-state index in [1.807, 2.05) is 0 Å². The van der Waals surface area contributed by atoms with E-state index in [-0.39, 0.29) is 27.3 Å². The number of aliphatic hydroxyl groups is 6. The molecule has 0 unspecified atom stereocenters.